The van der Waals surface area contributed by atoms with Gasteiger partial charge in [-0.15, -0.1) is 0 Å². The Bertz CT molecular complexity index is 2100. The van der Waals surface area contributed by atoms with Crippen LogP contribution in [0.1, 0.15) is 36.0 Å². The molecule has 1 aliphatic rings. The maximum atomic E-state index is 13.8. The highest BCUT2D eigenvalue weighted by Crippen LogP contribution is 2.22. The minimum absolute atomic E-state index is 0.189. The first-order valence-electron chi connectivity index (χ1n) is 18.9. The molecule has 5 aromatic rings. The Morgan fingerprint density at radius 2 is 1.43 bits per heavy atom. The molecule has 1 aliphatic heterocycles. The van der Waals surface area contributed by atoms with Crippen molar-refractivity contribution in [3.8, 4) is 5.75 Å². The standard InChI is InChI=1S/C46H47N3O7/c50-29-40(26-33-19-23-41(24-20-33)55-30-34-13-5-2-6-14-34)47-43(51)28-37-17-9-10-18-38(25-32-11-3-1-4-12-32)46(54)56-31-42(49-44(37)52)45(53)48-39-22-21-35-15-7-8-16-36(35)27-39/h1-16,19-24,27,37-38,40,42,50H,17-18,25-26,28-31H2,(H,47,51)(H,48,53)(H,49,52). The number of aliphatic hydroxyl groups is 1. The van der Waals surface area contributed by atoms with Crippen molar-refractivity contribution in [1.82, 2.24) is 10.6 Å². The number of amides is 3. The summed E-state index contributed by atoms with van der Waals surface area (Å²) in [4.78, 5) is 54.3. The second-order valence-corrected chi connectivity index (χ2v) is 14.0. The summed E-state index contributed by atoms with van der Waals surface area (Å²) >= 11 is 0. The number of nitrogens with one attached hydrogen (secondary N) is 3. The van der Waals surface area contributed by atoms with Crippen molar-refractivity contribution in [1.29, 1.82) is 0 Å². The van der Waals surface area contributed by atoms with Crippen molar-refractivity contribution in [2.75, 3.05) is 18.5 Å². The Morgan fingerprint density at radius 3 is 2.14 bits per heavy atom. The molecule has 3 amide bonds. The lowest BCUT2D eigenvalue weighted by atomic mass is 9.94. The van der Waals surface area contributed by atoms with Crippen molar-refractivity contribution < 1.29 is 33.8 Å². The van der Waals surface area contributed by atoms with Gasteiger partial charge in [0.1, 0.15) is 25.0 Å². The molecule has 0 fully saturated rings. The van der Waals surface area contributed by atoms with Gasteiger partial charge in [0, 0.05) is 12.1 Å². The number of ether oxygens (including phenoxy) is 2. The number of carbonyl (C=O) groups is 4. The van der Waals surface area contributed by atoms with Crippen molar-refractivity contribution in [2.24, 2.45) is 11.8 Å². The van der Waals surface area contributed by atoms with Gasteiger partial charge in [-0.3, -0.25) is 19.2 Å². The topological polar surface area (TPSA) is 143 Å². The molecule has 288 valence electrons. The lowest BCUT2D eigenvalue weighted by Gasteiger charge is -2.24. The highest BCUT2D eigenvalue weighted by Gasteiger charge is 2.30. The summed E-state index contributed by atoms with van der Waals surface area (Å²) in [5.74, 6) is -2.65. The molecule has 10 heteroatoms. The van der Waals surface area contributed by atoms with Crippen LogP contribution in [-0.2, 0) is 43.4 Å². The van der Waals surface area contributed by atoms with Gasteiger partial charge in [-0.05, 0) is 77.4 Å². The predicted octanol–water partition coefficient (Wildman–Crippen LogP) is 6.32. The normalized spacial score (nSPS) is 18.1. The summed E-state index contributed by atoms with van der Waals surface area (Å²) < 4.78 is 11.6. The SMILES string of the molecule is O=C(CC1CC=CCC(Cc2ccccc2)C(=O)OCC(C(=O)Nc2ccc3ccccc3c2)NC1=O)NC(CO)Cc1ccc(OCc2ccccc2)cc1. The second kappa shape index (κ2) is 19.9. The first-order valence-corrected chi connectivity index (χ1v) is 18.9. The van der Waals surface area contributed by atoms with Crippen LogP contribution in [0.2, 0.25) is 0 Å². The monoisotopic (exact) mass is 753 g/mol. The van der Waals surface area contributed by atoms with Crippen molar-refractivity contribution >= 4 is 40.2 Å². The third-order valence-corrected chi connectivity index (χ3v) is 9.75. The maximum absolute atomic E-state index is 13.8. The van der Waals surface area contributed by atoms with Gasteiger partial charge in [0.25, 0.3) is 5.91 Å². The summed E-state index contributed by atoms with van der Waals surface area (Å²) in [7, 11) is 0. The lowest BCUT2D eigenvalue weighted by molar-refractivity contribution is -0.150. The first-order chi connectivity index (χ1) is 27.3. The summed E-state index contributed by atoms with van der Waals surface area (Å²) in [6.45, 7) is -0.255. The van der Waals surface area contributed by atoms with Crippen molar-refractivity contribution in [2.45, 2.75) is 50.8 Å². The molecule has 6 rings (SSSR count). The van der Waals surface area contributed by atoms with E-state index in [0.717, 1.165) is 27.5 Å². The number of benzene rings is 5. The van der Waals surface area contributed by atoms with Gasteiger partial charge in [0.05, 0.1) is 24.5 Å². The summed E-state index contributed by atoms with van der Waals surface area (Å²) in [5.41, 5.74) is 3.43. The number of rotatable bonds is 13. The molecular formula is C46H47N3O7. The van der Waals surface area contributed by atoms with Gasteiger partial charge in [-0.25, -0.2) is 0 Å². The van der Waals surface area contributed by atoms with E-state index >= 15 is 0 Å². The molecule has 4 atom stereocenters. The molecule has 0 spiro atoms. The number of carbonyl (C=O) groups excluding carboxylic acids is 4. The third kappa shape index (κ3) is 11.6. The average Bonchev–Trinajstić information content (AvgIpc) is 3.22. The minimum Gasteiger partial charge on any atom is -0.489 e. The highest BCUT2D eigenvalue weighted by molar-refractivity contribution is 6.00. The van der Waals surface area contributed by atoms with Crippen LogP contribution < -0.4 is 20.7 Å². The Labute approximate surface area is 326 Å². The molecule has 1 heterocycles. The molecule has 0 aliphatic carbocycles. The molecule has 4 unspecified atom stereocenters. The van der Waals surface area contributed by atoms with Crippen molar-refractivity contribution in [3.63, 3.8) is 0 Å². The van der Waals surface area contributed by atoms with E-state index in [-0.39, 0.29) is 26.1 Å². The molecule has 0 radical (unpaired) electrons. The number of cyclic esters (lactones) is 1. The molecular weight excluding hydrogens is 707 g/mol. The zero-order chi connectivity index (χ0) is 39.1. The minimum atomic E-state index is -1.23. The molecule has 56 heavy (non-hydrogen) atoms. The van der Waals surface area contributed by atoms with Crippen LogP contribution in [0.25, 0.3) is 10.8 Å². The lowest BCUT2D eigenvalue weighted by Crippen LogP contribution is -2.50. The molecule has 0 saturated heterocycles. The number of aliphatic hydroxyl groups excluding tert-OH is 1. The Balaban J connectivity index is 1.12. The highest BCUT2D eigenvalue weighted by atomic mass is 16.5. The predicted molar refractivity (Wildman–Crippen MR) is 216 cm³/mol. The summed E-state index contributed by atoms with van der Waals surface area (Å²) in [6.07, 6.45) is 4.78. The van der Waals surface area contributed by atoms with Gasteiger partial charge in [0.2, 0.25) is 11.8 Å². The van der Waals surface area contributed by atoms with Crippen LogP contribution in [0.4, 0.5) is 5.69 Å². The zero-order valence-electron chi connectivity index (χ0n) is 31.1. The Morgan fingerprint density at radius 1 is 0.768 bits per heavy atom. The fourth-order valence-corrected chi connectivity index (χ4v) is 6.64. The van der Waals surface area contributed by atoms with Gasteiger partial charge < -0.3 is 30.5 Å². The quantitative estimate of drug-likeness (QED) is 0.0815. The largest absolute Gasteiger partial charge is 0.489 e. The van der Waals surface area contributed by atoms with E-state index in [1.165, 1.54) is 0 Å². The molecule has 0 saturated carbocycles. The molecule has 0 bridgehead atoms. The van der Waals surface area contributed by atoms with Gasteiger partial charge in [-0.1, -0.05) is 115 Å². The van der Waals surface area contributed by atoms with E-state index in [4.69, 9.17) is 9.47 Å². The van der Waals surface area contributed by atoms with Crippen LogP contribution in [0.15, 0.2) is 140 Å². The third-order valence-electron chi connectivity index (χ3n) is 9.75. The van der Waals surface area contributed by atoms with E-state index in [1.54, 1.807) is 12.1 Å². The van der Waals surface area contributed by atoms with Gasteiger partial charge in [0.15, 0.2) is 0 Å². The molecule has 0 aromatic heterocycles. The van der Waals surface area contributed by atoms with Crippen LogP contribution in [0.3, 0.4) is 0 Å². The number of hydrogen-bond acceptors (Lipinski definition) is 7. The van der Waals surface area contributed by atoms with E-state index < -0.39 is 47.6 Å². The fourth-order valence-electron chi connectivity index (χ4n) is 6.64. The van der Waals surface area contributed by atoms with E-state index in [9.17, 15) is 24.3 Å². The number of esters is 1. The molecule has 4 N–H and O–H groups in total. The number of allylic oxidation sites excluding steroid dienone is 2. The van der Waals surface area contributed by atoms with Gasteiger partial charge >= 0.3 is 5.97 Å². The fraction of sp³-hybridized carbons (Fsp3) is 0.261. The Hall–Kier alpha value is -6.26. The van der Waals surface area contributed by atoms with Crippen LogP contribution >= 0.6 is 0 Å². The average molecular weight is 754 g/mol. The molecule has 5 aromatic carbocycles. The smallest absolute Gasteiger partial charge is 0.309 e. The summed E-state index contributed by atoms with van der Waals surface area (Å²) in [5, 5.41) is 20.6. The van der Waals surface area contributed by atoms with Crippen molar-refractivity contribution in [3.05, 3.63) is 156 Å². The Kier molecular flexibility index (Phi) is 14.0. The zero-order valence-corrected chi connectivity index (χ0v) is 31.1. The van der Waals surface area contributed by atoms with E-state index in [1.807, 2.05) is 127 Å². The number of anilines is 1. The van der Waals surface area contributed by atoms with E-state index in [2.05, 4.69) is 16.0 Å². The summed E-state index contributed by atoms with van der Waals surface area (Å²) in [6, 6.07) is 38.3. The molecule has 10 nitrogen and oxygen atoms in total. The van der Waals surface area contributed by atoms with Crippen LogP contribution in [0.5, 0.6) is 5.75 Å². The first kappa shape index (κ1) is 39.4. The number of hydrogen-bond donors (Lipinski definition) is 4. The maximum Gasteiger partial charge on any atom is 0.309 e. The van der Waals surface area contributed by atoms with Crippen LogP contribution in [0, 0.1) is 11.8 Å². The second-order valence-electron chi connectivity index (χ2n) is 14.0. The van der Waals surface area contributed by atoms with Gasteiger partial charge in [-0.2, -0.15) is 0 Å². The number of fused-ring (bicyclic) bond motifs is 1. The van der Waals surface area contributed by atoms with Crippen LogP contribution in [-0.4, -0.2) is 54.1 Å². The van der Waals surface area contributed by atoms with E-state index in [0.29, 0.717) is 37.3 Å².